The molecular weight excluding hydrogens is 312 g/mol. The standard InChI is InChI=1S/C20H18N4O/c1-13-17(12-15-8-10-21-11-9-15)20(25)24-19(22-13)18(14(2)23-24)16-6-4-3-5-7-16/h3-11,25H,12H2,1-2H3. The number of benzene rings is 1. The van der Waals surface area contributed by atoms with Crippen molar-refractivity contribution in [2.75, 3.05) is 0 Å². The molecule has 3 aromatic heterocycles. The Balaban J connectivity index is 1.90. The summed E-state index contributed by atoms with van der Waals surface area (Å²) in [5.74, 6) is 0.143. The van der Waals surface area contributed by atoms with Gasteiger partial charge in [-0.2, -0.15) is 9.61 Å². The van der Waals surface area contributed by atoms with E-state index in [9.17, 15) is 5.11 Å². The Morgan fingerprint density at radius 2 is 1.68 bits per heavy atom. The van der Waals surface area contributed by atoms with Crippen LogP contribution in [0, 0.1) is 13.8 Å². The van der Waals surface area contributed by atoms with Gasteiger partial charge in [-0.1, -0.05) is 30.3 Å². The minimum atomic E-state index is 0.143. The lowest BCUT2D eigenvalue weighted by molar-refractivity contribution is 0.427. The van der Waals surface area contributed by atoms with E-state index >= 15 is 0 Å². The van der Waals surface area contributed by atoms with Gasteiger partial charge < -0.3 is 5.11 Å². The predicted molar refractivity (Wildman–Crippen MR) is 96.6 cm³/mol. The van der Waals surface area contributed by atoms with Crippen molar-refractivity contribution < 1.29 is 5.11 Å². The first-order valence-electron chi connectivity index (χ1n) is 8.17. The molecule has 4 aromatic rings. The number of pyridine rings is 1. The zero-order valence-electron chi connectivity index (χ0n) is 14.1. The van der Waals surface area contributed by atoms with Gasteiger partial charge in [-0.05, 0) is 37.1 Å². The average molecular weight is 330 g/mol. The molecule has 1 N–H and O–H groups in total. The number of aromatic hydroxyl groups is 1. The van der Waals surface area contributed by atoms with Crippen LogP contribution < -0.4 is 0 Å². The quantitative estimate of drug-likeness (QED) is 0.622. The van der Waals surface area contributed by atoms with E-state index < -0.39 is 0 Å². The second kappa shape index (κ2) is 6.02. The smallest absolute Gasteiger partial charge is 0.219 e. The average Bonchev–Trinajstić information content (AvgIpc) is 2.96. The third-order valence-corrected chi connectivity index (χ3v) is 4.41. The van der Waals surface area contributed by atoms with Crippen molar-refractivity contribution in [1.29, 1.82) is 0 Å². The van der Waals surface area contributed by atoms with E-state index in [4.69, 9.17) is 4.98 Å². The monoisotopic (exact) mass is 330 g/mol. The molecule has 0 aliphatic carbocycles. The van der Waals surface area contributed by atoms with Crippen LogP contribution in [0.2, 0.25) is 0 Å². The van der Waals surface area contributed by atoms with E-state index in [1.54, 1.807) is 16.9 Å². The Bertz CT molecular complexity index is 1040. The summed E-state index contributed by atoms with van der Waals surface area (Å²) < 4.78 is 1.54. The van der Waals surface area contributed by atoms with Crippen LogP contribution in [0.1, 0.15) is 22.5 Å². The fraction of sp³-hybridized carbons (Fsp3) is 0.150. The Hall–Kier alpha value is -3.21. The fourth-order valence-corrected chi connectivity index (χ4v) is 3.14. The molecule has 0 saturated heterocycles. The third kappa shape index (κ3) is 2.63. The molecule has 0 aliphatic rings. The van der Waals surface area contributed by atoms with Crippen LogP contribution in [-0.4, -0.2) is 24.7 Å². The van der Waals surface area contributed by atoms with E-state index in [1.165, 1.54) is 0 Å². The van der Waals surface area contributed by atoms with Gasteiger partial charge in [0.2, 0.25) is 5.88 Å². The molecule has 4 rings (SSSR count). The number of aromatic nitrogens is 4. The lowest BCUT2D eigenvalue weighted by atomic mass is 10.0. The lowest BCUT2D eigenvalue weighted by Gasteiger charge is -2.10. The van der Waals surface area contributed by atoms with Gasteiger partial charge in [-0.25, -0.2) is 4.98 Å². The molecule has 124 valence electrons. The summed E-state index contributed by atoms with van der Waals surface area (Å²) in [6.45, 7) is 3.86. The van der Waals surface area contributed by atoms with Gasteiger partial charge in [-0.15, -0.1) is 0 Å². The Morgan fingerprint density at radius 3 is 2.40 bits per heavy atom. The van der Waals surface area contributed by atoms with Crippen molar-refractivity contribution in [2.24, 2.45) is 0 Å². The van der Waals surface area contributed by atoms with Gasteiger partial charge in [-0.3, -0.25) is 4.98 Å². The van der Waals surface area contributed by atoms with Crippen molar-refractivity contribution in [3.63, 3.8) is 0 Å². The molecule has 0 spiro atoms. The molecule has 0 atom stereocenters. The first-order chi connectivity index (χ1) is 12.1. The summed E-state index contributed by atoms with van der Waals surface area (Å²) in [4.78, 5) is 8.79. The zero-order chi connectivity index (χ0) is 17.4. The summed E-state index contributed by atoms with van der Waals surface area (Å²) in [5, 5.41) is 15.3. The van der Waals surface area contributed by atoms with Crippen LogP contribution in [0.4, 0.5) is 0 Å². The second-order valence-corrected chi connectivity index (χ2v) is 6.09. The van der Waals surface area contributed by atoms with Gasteiger partial charge in [0.25, 0.3) is 0 Å². The van der Waals surface area contributed by atoms with Crippen molar-refractivity contribution in [1.82, 2.24) is 19.6 Å². The normalized spacial score (nSPS) is 11.1. The van der Waals surface area contributed by atoms with E-state index in [0.29, 0.717) is 12.1 Å². The number of hydrogen-bond acceptors (Lipinski definition) is 4. The number of fused-ring (bicyclic) bond motifs is 1. The molecule has 0 amide bonds. The van der Waals surface area contributed by atoms with Crippen LogP contribution in [0.3, 0.4) is 0 Å². The second-order valence-electron chi connectivity index (χ2n) is 6.09. The third-order valence-electron chi connectivity index (χ3n) is 4.41. The molecule has 5 heteroatoms. The van der Waals surface area contributed by atoms with Crippen molar-refractivity contribution in [2.45, 2.75) is 20.3 Å². The maximum atomic E-state index is 10.8. The van der Waals surface area contributed by atoms with Gasteiger partial charge in [0.05, 0.1) is 5.69 Å². The van der Waals surface area contributed by atoms with Gasteiger partial charge in [0, 0.05) is 35.6 Å². The first-order valence-corrected chi connectivity index (χ1v) is 8.17. The number of hydrogen-bond donors (Lipinski definition) is 1. The molecule has 0 bridgehead atoms. The molecule has 3 heterocycles. The highest BCUT2D eigenvalue weighted by Crippen LogP contribution is 2.32. The Labute approximate surface area is 145 Å². The number of rotatable bonds is 3. The Morgan fingerprint density at radius 1 is 0.960 bits per heavy atom. The van der Waals surface area contributed by atoms with Gasteiger partial charge in [0.1, 0.15) is 0 Å². The van der Waals surface area contributed by atoms with Crippen molar-refractivity contribution >= 4 is 5.65 Å². The SMILES string of the molecule is Cc1nc2c(-c3ccccc3)c(C)nn2c(O)c1Cc1ccncc1. The topological polar surface area (TPSA) is 63.3 Å². The summed E-state index contributed by atoms with van der Waals surface area (Å²) in [5.41, 5.74) is 6.17. The van der Waals surface area contributed by atoms with Crippen LogP contribution in [0.5, 0.6) is 5.88 Å². The Kier molecular flexibility index (Phi) is 3.69. The highest BCUT2D eigenvalue weighted by atomic mass is 16.3. The summed E-state index contributed by atoms with van der Waals surface area (Å²) in [6, 6.07) is 13.9. The van der Waals surface area contributed by atoms with Crippen molar-refractivity contribution in [3.05, 3.63) is 77.4 Å². The molecule has 25 heavy (non-hydrogen) atoms. The summed E-state index contributed by atoms with van der Waals surface area (Å²) in [6.07, 6.45) is 4.08. The largest absolute Gasteiger partial charge is 0.493 e. The molecule has 0 radical (unpaired) electrons. The van der Waals surface area contributed by atoms with Crippen LogP contribution in [-0.2, 0) is 6.42 Å². The van der Waals surface area contributed by atoms with Gasteiger partial charge in [0.15, 0.2) is 5.65 Å². The van der Waals surface area contributed by atoms with E-state index in [0.717, 1.165) is 33.6 Å². The van der Waals surface area contributed by atoms with Crippen LogP contribution in [0.15, 0.2) is 54.9 Å². The first kappa shape index (κ1) is 15.3. The van der Waals surface area contributed by atoms with Crippen molar-refractivity contribution in [3.8, 4) is 17.0 Å². The maximum absolute atomic E-state index is 10.8. The molecule has 0 aliphatic heterocycles. The fourth-order valence-electron chi connectivity index (χ4n) is 3.14. The van der Waals surface area contributed by atoms with E-state index in [-0.39, 0.29) is 5.88 Å². The highest BCUT2D eigenvalue weighted by molar-refractivity contribution is 5.80. The molecule has 0 fully saturated rings. The minimum Gasteiger partial charge on any atom is -0.493 e. The molecular formula is C20H18N4O. The minimum absolute atomic E-state index is 0.143. The molecule has 0 unspecified atom stereocenters. The summed E-state index contributed by atoms with van der Waals surface area (Å²) >= 11 is 0. The lowest BCUT2D eigenvalue weighted by Crippen LogP contribution is -2.02. The molecule has 1 aromatic carbocycles. The number of nitrogens with zero attached hydrogens (tertiary/aromatic N) is 4. The van der Waals surface area contributed by atoms with E-state index in [2.05, 4.69) is 10.1 Å². The maximum Gasteiger partial charge on any atom is 0.219 e. The number of aryl methyl sites for hydroxylation is 2. The predicted octanol–water partition coefficient (Wildman–Crippen LogP) is 3.70. The molecule has 0 saturated carbocycles. The van der Waals surface area contributed by atoms with Crippen LogP contribution in [0.25, 0.3) is 16.8 Å². The highest BCUT2D eigenvalue weighted by Gasteiger charge is 2.19. The van der Waals surface area contributed by atoms with E-state index in [1.807, 2.05) is 56.3 Å². The zero-order valence-corrected chi connectivity index (χ0v) is 14.1. The summed E-state index contributed by atoms with van der Waals surface area (Å²) in [7, 11) is 0. The van der Waals surface area contributed by atoms with Crippen LogP contribution >= 0.6 is 0 Å². The molecule has 5 nitrogen and oxygen atoms in total. The van der Waals surface area contributed by atoms with Gasteiger partial charge >= 0.3 is 0 Å².